The number of aromatic nitrogens is 1. The summed E-state index contributed by atoms with van der Waals surface area (Å²) < 4.78 is 30.8. The monoisotopic (exact) mass is 478 g/mol. The number of benzene rings is 4. The molecule has 1 aromatic heterocycles. The molecule has 0 saturated heterocycles. The number of hydrogen-bond donors (Lipinski definition) is 0. The minimum atomic E-state index is -0.754. The number of hydrogen-bond acceptors (Lipinski definition) is 2. The maximum absolute atomic E-state index is 14.7. The average Bonchev–Trinajstić information content (AvgIpc) is 3.10. The molecule has 0 N–H and O–H groups in total. The average molecular weight is 479 g/mol. The number of para-hydroxylation sites is 2. The van der Waals surface area contributed by atoms with Gasteiger partial charge in [0, 0.05) is 28.1 Å². The number of rotatable bonds is 3. The second-order valence-electron chi connectivity index (χ2n) is 7.07. The van der Waals surface area contributed by atoms with Crippen LogP contribution in [0.1, 0.15) is 0 Å². The van der Waals surface area contributed by atoms with Gasteiger partial charge in [-0.2, -0.15) is 0 Å². The van der Waals surface area contributed by atoms with Crippen LogP contribution in [0.15, 0.2) is 83.3 Å². The molecule has 5 rings (SSSR count). The highest BCUT2D eigenvalue weighted by Crippen LogP contribution is 2.38. The maximum atomic E-state index is 14.7. The summed E-state index contributed by atoms with van der Waals surface area (Å²) >= 11 is 2.95. The van der Waals surface area contributed by atoms with E-state index in [0.29, 0.717) is 5.69 Å². The third-order valence-corrected chi connectivity index (χ3v) is 5.92. The van der Waals surface area contributed by atoms with E-state index in [1.54, 1.807) is 6.07 Å². The van der Waals surface area contributed by atoms with E-state index in [0.717, 1.165) is 33.9 Å². The predicted octanol–water partition coefficient (Wildman–Crippen LogP) is 7.40. The number of nitro groups is 1. The largest absolute Gasteiger partial charge is 0.309 e. The van der Waals surface area contributed by atoms with Crippen molar-refractivity contribution < 1.29 is 13.7 Å². The van der Waals surface area contributed by atoms with E-state index in [4.69, 9.17) is 0 Å². The Morgan fingerprint density at radius 3 is 2.00 bits per heavy atom. The van der Waals surface area contributed by atoms with E-state index in [9.17, 15) is 18.9 Å². The fourth-order valence-electron chi connectivity index (χ4n) is 3.97. The van der Waals surface area contributed by atoms with Gasteiger partial charge in [0.2, 0.25) is 0 Å². The lowest BCUT2D eigenvalue weighted by Gasteiger charge is -2.12. The van der Waals surface area contributed by atoms with Crippen LogP contribution in [-0.4, -0.2) is 9.49 Å². The Kier molecular flexibility index (Phi) is 4.55. The second-order valence-corrected chi connectivity index (χ2v) is 7.93. The van der Waals surface area contributed by atoms with E-state index in [2.05, 4.69) is 15.9 Å². The first-order valence-corrected chi connectivity index (χ1v) is 10.2. The number of fused-ring (bicyclic) bond motifs is 3. The van der Waals surface area contributed by atoms with Gasteiger partial charge in [0.1, 0.15) is 11.6 Å². The first kappa shape index (κ1) is 19.4. The molecule has 0 fully saturated rings. The molecular weight excluding hydrogens is 466 g/mol. The zero-order chi connectivity index (χ0) is 21.7. The summed E-state index contributed by atoms with van der Waals surface area (Å²) in [5.41, 5.74) is 1.96. The van der Waals surface area contributed by atoms with Crippen LogP contribution in [0.5, 0.6) is 0 Å². The zero-order valence-corrected chi connectivity index (χ0v) is 17.4. The van der Waals surface area contributed by atoms with E-state index in [-0.39, 0.29) is 21.3 Å². The third-order valence-electron chi connectivity index (χ3n) is 5.32. The summed E-state index contributed by atoms with van der Waals surface area (Å²) in [7, 11) is 0. The van der Waals surface area contributed by atoms with Gasteiger partial charge in [0.25, 0.3) is 5.69 Å². The number of nitrogens with zero attached hydrogens (tertiary/aromatic N) is 2. The number of halogens is 3. The third kappa shape index (κ3) is 3.09. The topological polar surface area (TPSA) is 48.1 Å². The lowest BCUT2D eigenvalue weighted by molar-refractivity contribution is -0.384. The Morgan fingerprint density at radius 2 is 1.39 bits per heavy atom. The molecule has 152 valence electrons. The Labute approximate surface area is 183 Å². The zero-order valence-electron chi connectivity index (χ0n) is 15.9. The van der Waals surface area contributed by atoms with Crippen LogP contribution < -0.4 is 0 Å². The highest BCUT2D eigenvalue weighted by molar-refractivity contribution is 9.10. The van der Waals surface area contributed by atoms with Crippen molar-refractivity contribution >= 4 is 43.4 Å². The molecule has 0 radical (unpaired) electrons. The minimum Gasteiger partial charge on any atom is -0.309 e. The lowest BCUT2D eigenvalue weighted by atomic mass is 10.0. The molecule has 0 saturated carbocycles. The van der Waals surface area contributed by atoms with Crippen LogP contribution in [0, 0.1) is 21.7 Å². The van der Waals surface area contributed by atoms with Gasteiger partial charge in [-0.1, -0.05) is 36.4 Å². The highest BCUT2D eigenvalue weighted by Gasteiger charge is 2.22. The molecule has 7 heteroatoms. The molecule has 5 aromatic rings. The maximum Gasteiger partial charge on any atom is 0.277 e. The summed E-state index contributed by atoms with van der Waals surface area (Å²) in [4.78, 5) is 11.1. The van der Waals surface area contributed by atoms with Gasteiger partial charge >= 0.3 is 0 Å². The first-order chi connectivity index (χ1) is 15.0. The van der Waals surface area contributed by atoms with Gasteiger partial charge < -0.3 is 4.57 Å². The van der Waals surface area contributed by atoms with E-state index in [1.807, 2.05) is 53.1 Å². The van der Waals surface area contributed by atoms with Gasteiger partial charge in [0.15, 0.2) is 0 Å². The van der Waals surface area contributed by atoms with Gasteiger partial charge in [-0.15, -0.1) is 0 Å². The smallest absolute Gasteiger partial charge is 0.277 e. The highest BCUT2D eigenvalue weighted by atomic mass is 79.9. The van der Waals surface area contributed by atoms with Crippen molar-refractivity contribution in [3.05, 3.63) is 105 Å². The standard InChI is InChI=1S/C24H13BrF2N2O2/c25-19-13-20(26)17(12-21(19)27)18-11-14(9-10-24(18)29(30)31)28-22-7-3-1-5-15(22)16-6-2-4-8-23(16)28/h1-13H. The van der Waals surface area contributed by atoms with Gasteiger partial charge in [-0.3, -0.25) is 10.1 Å². The van der Waals surface area contributed by atoms with Crippen molar-refractivity contribution in [2.45, 2.75) is 0 Å². The van der Waals surface area contributed by atoms with Crippen molar-refractivity contribution in [2.75, 3.05) is 0 Å². The molecule has 1 heterocycles. The molecule has 0 atom stereocenters. The van der Waals surface area contributed by atoms with Crippen molar-refractivity contribution in [1.29, 1.82) is 0 Å². The Morgan fingerprint density at radius 1 is 0.774 bits per heavy atom. The van der Waals surface area contributed by atoms with Crippen molar-refractivity contribution in [3.8, 4) is 16.8 Å². The molecule has 0 spiro atoms. The molecule has 0 bridgehead atoms. The molecule has 0 aliphatic rings. The summed E-state index contributed by atoms with van der Waals surface area (Å²) in [5, 5.41) is 13.7. The summed E-state index contributed by atoms with van der Waals surface area (Å²) in [5.74, 6) is -1.45. The Hall–Kier alpha value is -3.58. The van der Waals surface area contributed by atoms with Crippen LogP contribution in [0.25, 0.3) is 38.6 Å². The second kappa shape index (κ2) is 7.28. The van der Waals surface area contributed by atoms with E-state index >= 15 is 0 Å². The van der Waals surface area contributed by atoms with E-state index < -0.39 is 16.6 Å². The molecule has 4 nitrogen and oxygen atoms in total. The van der Waals surface area contributed by atoms with Crippen LogP contribution in [0.3, 0.4) is 0 Å². The Bertz CT molecular complexity index is 1460. The van der Waals surface area contributed by atoms with Crippen molar-refractivity contribution in [2.24, 2.45) is 0 Å². The number of nitro benzene ring substituents is 1. The molecule has 4 aromatic carbocycles. The fourth-order valence-corrected chi connectivity index (χ4v) is 4.28. The van der Waals surface area contributed by atoms with Crippen LogP contribution >= 0.6 is 15.9 Å². The minimum absolute atomic E-state index is 0.00765. The quantitative estimate of drug-likeness (QED) is 0.154. The molecular formula is C24H13BrF2N2O2. The van der Waals surface area contributed by atoms with Crippen molar-refractivity contribution in [1.82, 2.24) is 4.57 Å². The van der Waals surface area contributed by atoms with Crippen LogP contribution in [-0.2, 0) is 0 Å². The molecule has 0 aliphatic carbocycles. The lowest BCUT2D eigenvalue weighted by Crippen LogP contribution is -1.99. The van der Waals surface area contributed by atoms with Gasteiger partial charge in [-0.25, -0.2) is 8.78 Å². The van der Waals surface area contributed by atoms with Crippen molar-refractivity contribution in [3.63, 3.8) is 0 Å². The van der Waals surface area contributed by atoms with Crippen LogP contribution in [0.2, 0.25) is 0 Å². The fraction of sp³-hybridized carbons (Fsp3) is 0. The summed E-state index contributed by atoms with van der Waals surface area (Å²) in [6, 6.07) is 22.0. The van der Waals surface area contributed by atoms with Gasteiger partial charge in [0.05, 0.1) is 26.0 Å². The molecule has 0 amide bonds. The molecule has 31 heavy (non-hydrogen) atoms. The SMILES string of the molecule is O=[N+]([O-])c1ccc(-n2c3ccccc3c3ccccc32)cc1-c1cc(F)c(Br)cc1F. The predicted molar refractivity (Wildman–Crippen MR) is 120 cm³/mol. The summed E-state index contributed by atoms with van der Waals surface area (Å²) in [6.45, 7) is 0. The first-order valence-electron chi connectivity index (χ1n) is 9.37. The molecule has 0 aliphatic heterocycles. The summed E-state index contributed by atoms with van der Waals surface area (Å²) in [6.07, 6.45) is 0. The Balaban J connectivity index is 1.85. The van der Waals surface area contributed by atoms with Crippen LogP contribution in [0.4, 0.5) is 14.5 Å². The molecule has 0 unspecified atom stereocenters. The normalized spacial score (nSPS) is 11.3. The van der Waals surface area contributed by atoms with Gasteiger partial charge in [-0.05, 0) is 52.3 Å². The van der Waals surface area contributed by atoms with E-state index in [1.165, 1.54) is 12.1 Å².